The second kappa shape index (κ2) is 7.28. The van der Waals surface area contributed by atoms with Gasteiger partial charge in [0.1, 0.15) is 5.82 Å². The maximum atomic E-state index is 13.6. The monoisotopic (exact) mass is 424 g/mol. The molecule has 2 aromatic rings. The third kappa shape index (κ3) is 3.98. The number of rotatable bonds is 4. The second-order valence-corrected chi connectivity index (χ2v) is 9.48. The lowest BCUT2D eigenvalue weighted by atomic mass is 9.50. The number of benzene rings is 1. The Morgan fingerprint density at radius 3 is 2.48 bits per heavy atom. The van der Waals surface area contributed by atoms with Gasteiger partial charge < -0.3 is 15.4 Å². The third-order valence-corrected chi connectivity index (χ3v) is 6.85. The summed E-state index contributed by atoms with van der Waals surface area (Å²) in [6, 6.07) is 7.49. The largest absolute Gasteiger partial charge is 0.415 e. The molecule has 2 N–H and O–H groups in total. The molecule has 6 rings (SSSR count). The number of nitrogens with zero attached hydrogens (tertiary/aromatic N) is 2. The summed E-state index contributed by atoms with van der Waals surface area (Å²) in [6.07, 6.45) is 6.21. The van der Waals surface area contributed by atoms with Gasteiger partial charge in [-0.25, -0.2) is 19.2 Å². The smallest absolute Gasteiger partial charge is 0.374 e. The van der Waals surface area contributed by atoms with Crippen molar-refractivity contribution in [1.82, 2.24) is 20.6 Å². The average molecular weight is 424 g/mol. The Balaban J connectivity index is 1.32. The summed E-state index contributed by atoms with van der Waals surface area (Å²) >= 11 is 0. The molecule has 2 amide bonds. The van der Waals surface area contributed by atoms with Crippen molar-refractivity contribution < 1.29 is 18.7 Å². The Kier molecular flexibility index (Phi) is 4.68. The quantitative estimate of drug-likeness (QED) is 0.783. The molecule has 2 unspecified atom stereocenters. The van der Waals surface area contributed by atoms with Crippen LogP contribution in [0.15, 0.2) is 36.5 Å². The minimum Gasteiger partial charge on any atom is -0.374 e. The van der Waals surface area contributed by atoms with Crippen LogP contribution in [-0.2, 0) is 0 Å². The maximum Gasteiger partial charge on any atom is 0.415 e. The predicted molar refractivity (Wildman–Crippen MR) is 110 cm³/mol. The Labute approximate surface area is 179 Å². The Morgan fingerprint density at radius 2 is 1.81 bits per heavy atom. The molecule has 0 radical (unpaired) electrons. The van der Waals surface area contributed by atoms with E-state index in [2.05, 4.69) is 20.6 Å². The van der Waals surface area contributed by atoms with Crippen LogP contribution in [0.1, 0.15) is 54.6 Å². The summed E-state index contributed by atoms with van der Waals surface area (Å²) < 4.78 is 18.9. The third-order valence-electron chi connectivity index (χ3n) is 6.85. The molecular weight excluding hydrogens is 399 g/mol. The van der Waals surface area contributed by atoms with Gasteiger partial charge in [0.15, 0.2) is 0 Å². The van der Waals surface area contributed by atoms with Crippen molar-refractivity contribution in [3.05, 3.63) is 53.6 Å². The summed E-state index contributed by atoms with van der Waals surface area (Å²) in [5, 5.41) is 6.29. The van der Waals surface area contributed by atoms with E-state index in [0.29, 0.717) is 29.5 Å². The molecule has 8 heteroatoms. The van der Waals surface area contributed by atoms with E-state index in [-0.39, 0.29) is 11.9 Å². The standard InChI is InChI=1S/C23H25FN4O3/c1-14-5-6-25-20(26-14)31-21(30)28-23-11-15-7-16(12-23)10-22(9-15,13-23)27-19(29)17-3-2-4-18(24)8-17/h2-6,8,15-16H,7,9-13H2,1H3,(H,27,29)(H,28,30). The number of carbonyl (C=O) groups is 2. The molecule has 31 heavy (non-hydrogen) atoms. The van der Waals surface area contributed by atoms with Crippen LogP contribution in [0.2, 0.25) is 0 Å². The van der Waals surface area contributed by atoms with Crippen molar-refractivity contribution in [1.29, 1.82) is 0 Å². The minimum atomic E-state index is -0.570. The highest BCUT2D eigenvalue weighted by Gasteiger charge is 2.59. The van der Waals surface area contributed by atoms with E-state index in [4.69, 9.17) is 4.74 Å². The van der Waals surface area contributed by atoms with Gasteiger partial charge >= 0.3 is 12.1 Å². The highest BCUT2D eigenvalue weighted by atomic mass is 19.1. The molecule has 7 nitrogen and oxygen atoms in total. The number of amides is 2. The lowest BCUT2D eigenvalue weighted by Gasteiger charge is -2.62. The van der Waals surface area contributed by atoms with Gasteiger partial charge in [0.2, 0.25) is 0 Å². The fourth-order valence-electron chi connectivity index (χ4n) is 6.30. The molecule has 162 valence electrons. The summed E-state index contributed by atoms with van der Waals surface area (Å²) in [5.74, 6) is 0.138. The first-order valence-corrected chi connectivity index (χ1v) is 10.7. The molecule has 4 aliphatic carbocycles. The topological polar surface area (TPSA) is 93.2 Å². The SMILES string of the molecule is Cc1ccnc(OC(=O)NC23CC4CC(C2)CC(NC(=O)c2cccc(F)c2)(C4)C3)n1. The van der Waals surface area contributed by atoms with Gasteiger partial charge in [-0.2, -0.15) is 0 Å². The van der Waals surface area contributed by atoms with E-state index >= 15 is 0 Å². The van der Waals surface area contributed by atoms with E-state index in [1.54, 1.807) is 25.3 Å². The van der Waals surface area contributed by atoms with Crippen LogP contribution < -0.4 is 15.4 Å². The molecule has 4 fully saturated rings. The number of nitrogens with one attached hydrogen (secondary N) is 2. The fraction of sp³-hybridized carbons (Fsp3) is 0.478. The minimum absolute atomic E-state index is 0.0244. The van der Waals surface area contributed by atoms with Crippen LogP contribution in [0.3, 0.4) is 0 Å². The van der Waals surface area contributed by atoms with Gasteiger partial charge in [-0.05, 0) is 81.5 Å². The molecular formula is C23H25FN4O3. The molecule has 0 saturated heterocycles. The first kappa shape index (κ1) is 19.9. The molecule has 0 spiro atoms. The Bertz CT molecular complexity index is 1030. The highest BCUT2D eigenvalue weighted by Crippen LogP contribution is 2.57. The maximum absolute atomic E-state index is 13.6. The van der Waals surface area contributed by atoms with Crippen molar-refractivity contribution in [3.8, 4) is 6.01 Å². The lowest BCUT2D eigenvalue weighted by Crippen LogP contribution is -2.70. The van der Waals surface area contributed by atoms with E-state index in [9.17, 15) is 14.0 Å². The first-order chi connectivity index (χ1) is 14.8. The van der Waals surface area contributed by atoms with Crippen LogP contribution in [0, 0.1) is 24.6 Å². The number of hydrogen-bond donors (Lipinski definition) is 2. The van der Waals surface area contributed by atoms with Crippen LogP contribution >= 0.6 is 0 Å². The van der Waals surface area contributed by atoms with Gasteiger partial charge in [0.25, 0.3) is 5.91 Å². The molecule has 0 aliphatic heterocycles. The van der Waals surface area contributed by atoms with Gasteiger partial charge in [0, 0.05) is 28.5 Å². The van der Waals surface area contributed by atoms with Crippen molar-refractivity contribution in [2.45, 2.75) is 56.5 Å². The van der Waals surface area contributed by atoms with E-state index < -0.39 is 23.0 Å². The zero-order valence-electron chi connectivity index (χ0n) is 17.4. The van der Waals surface area contributed by atoms with E-state index in [1.807, 2.05) is 0 Å². The summed E-state index contributed by atoms with van der Waals surface area (Å²) in [5.41, 5.74) is 0.196. The number of carbonyl (C=O) groups excluding carboxylic acids is 2. The predicted octanol–water partition coefficient (Wildman–Crippen LogP) is 3.53. The van der Waals surface area contributed by atoms with Crippen LogP contribution in [0.4, 0.5) is 9.18 Å². The van der Waals surface area contributed by atoms with E-state index in [1.165, 1.54) is 18.2 Å². The number of aryl methyl sites for hydroxylation is 1. The number of halogens is 1. The zero-order valence-corrected chi connectivity index (χ0v) is 17.4. The fourth-order valence-corrected chi connectivity index (χ4v) is 6.30. The van der Waals surface area contributed by atoms with E-state index in [0.717, 1.165) is 32.1 Å². The van der Waals surface area contributed by atoms with Crippen LogP contribution in [0.5, 0.6) is 6.01 Å². The molecule has 4 aliphatic rings. The van der Waals surface area contributed by atoms with Crippen molar-refractivity contribution >= 4 is 12.0 Å². The van der Waals surface area contributed by atoms with Crippen molar-refractivity contribution in [3.63, 3.8) is 0 Å². The van der Waals surface area contributed by atoms with Gasteiger partial charge in [-0.1, -0.05) is 6.07 Å². The zero-order chi connectivity index (χ0) is 21.6. The summed E-state index contributed by atoms with van der Waals surface area (Å²) in [6.45, 7) is 1.80. The Morgan fingerprint density at radius 1 is 1.10 bits per heavy atom. The van der Waals surface area contributed by atoms with Crippen LogP contribution in [0.25, 0.3) is 0 Å². The number of ether oxygens (including phenoxy) is 1. The molecule has 4 bridgehead atoms. The first-order valence-electron chi connectivity index (χ1n) is 10.7. The van der Waals surface area contributed by atoms with Gasteiger partial charge in [-0.15, -0.1) is 0 Å². The van der Waals surface area contributed by atoms with Gasteiger partial charge in [-0.3, -0.25) is 4.79 Å². The normalized spacial score (nSPS) is 30.6. The molecule has 1 aromatic heterocycles. The Hall–Kier alpha value is -3.03. The van der Waals surface area contributed by atoms with Crippen molar-refractivity contribution in [2.75, 3.05) is 0 Å². The number of aromatic nitrogens is 2. The van der Waals surface area contributed by atoms with Crippen LogP contribution in [-0.4, -0.2) is 33.0 Å². The lowest BCUT2D eigenvalue weighted by molar-refractivity contribution is -0.0450. The van der Waals surface area contributed by atoms with Gasteiger partial charge in [0.05, 0.1) is 0 Å². The summed E-state index contributed by atoms with van der Waals surface area (Å²) in [7, 11) is 0. The summed E-state index contributed by atoms with van der Waals surface area (Å²) in [4.78, 5) is 33.6. The molecule has 2 atom stereocenters. The molecule has 1 heterocycles. The second-order valence-electron chi connectivity index (χ2n) is 9.48. The number of hydrogen-bond acceptors (Lipinski definition) is 5. The molecule has 1 aromatic carbocycles. The average Bonchev–Trinajstić information content (AvgIpc) is 2.66. The molecule has 4 saturated carbocycles. The van der Waals surface area contributed by atoms with Crippen molar-refractivity contribution in [2.24, 2.45) is 11.8 Å². The highest BCUT2D eigenvalue weighted by molar-refractivity contribution is 5.94.